The molecule has 27 heavy (non-hydrogen) atoms. The Morgan fingerprint density at radius 3 is 2.67 bits per heavy atom. The van der Waals surface area contributed by atoms with Crippen LogP contribution >= 0.6 is 27.3 Å². The first-order valence-corrected chi connectivity index (χ1v) is 10.0. The minimum atomic E-state index is -0.207. The Morgan fingerprint density at radius 2 is 2.00 bits per heavy atom. The molecule has 1 fully saturated rings. The van der Waals surface area contributed by atoms with Gasteiger partial charge in [-0.3, -0.25) is 14.5 Å². The quantitative estimate of drug-likeness (QED) is 0.702. The fraction of sp³-hybridized carbons (Fsp3) is 0.333. The summed E-state index contributed by atoms with van der Waals surface area (Å²) in [5.41, 5.74) is 1.09. The highest BCUT2D eigenvalue weighted by Crippen LogP contribution is 2.29. The predicted molar refractivity (Wildman–Crippen MR) is 109 cm³/mol. The third-order valence-electron chi connectivity index (χ3n) is 4.00. The van der Waals surface area contributed by atoms with Gasteiger partial charge in [0.15, 0.2) is 0 Å². The molecule has 9 heteroatoms. The van der Waals surface area contributed by atoms with E-state index < -0.39 is 0 Å². The average molecular weight is 454 g/mol. The van der Waals surface area contributed by atoms with Crippen molar-refractivity contribution in [2.45, 2.75) is 0 Å². The summed E-state index contributed by atoms with van der Waals surface area (Å²) in [4.78, 5) is 27.3. The van der Waals surface area contributed by atoms with Gasteiger partial charge in [0.05, 0.1) is 41.2 Å². The van der Waals surface area contributed by atoms with Crippen molar-refractivity contribution in [2.24, 2.45) is 0 Å². The minimum absolute atomic E-state index is 0.138. The monoisotopic (exact) mass is 453 g/mol. The number of nitrogens with zero attached hydrogens (tertiary/aromatic N) is 1. The van der Waals surface area contributed by atoms with Crippen molar-refractivity contribution in [1.82, 2.24) is 4.90 Å². The second kappa shape index (κ2) is 9.32. The van der Waals surface area contributed by atoms with Gasteiger partial charge in [0.2, 0.25) is 5.91 Å². The number of benzene rings is 1. The molecule has 0 saturated carbocycles. The van der Waals surface area contributed by atoms with Crippen LogP contribution in [0.5, 0.6) is 5.75 Å². The van der Waals surface area contributed by atoms with Gasteiger partial charge in [-0.25, -0.2) is 0 Å². The molecule has 0 bridgehead atoms. The number of ether oxygens (including phenoxy) is 2. The van der Waals surface area contributed by atoms with Gasteiger partial charge in [0, 0.05) is 18.8 Å². The second-order valence-corrected chi connectivity index (χ2v) is 8.37. The van der Waals surface area contributed by atoms with E-state index in [1.54, 1.807) is 24.3 Å². The van der Waals surface area contributed by atoms with Crippen LogP contribution in [-0.2, 0) is 9.53 Å². The van der Waals surface area contributed by atoms with Crippen LogP contribution in [0.3, 0.4) is 0 Å². The highest BCUT2D eigenvalue weighted by molar-refractivity contribution is 9.11. The van der Waals surface area contributed by atoms with Crippen LogP contribution in [0.4, 0.5) is 11.4 Å². The molecular formula is C18H20BrN3O4S. The predicted octanol–water partition coefficient (Wildman–Crippen LogP) is 3.04. The summed E-state index contributed by atoms with van der Waals surface area (Å²) in [7, 11) is 1.54. The van der Waals surface area contributed by atoms with Crippen molar-refractivity contribution < 1.29 is 19.1 Å². The highest BCUT2D eigenvalue weighted by Gasteiger charge is 2.16. The van der Waals surface area contributed by atoms with Gasteiger partial charge in [-0.15, -0.1) is 11.3 Å². The van der Waals surface area contributed by atoms with Crippen molar-refractivity contribution in [3.05, 3.63) is 39.0 Å². The number of halogens is 1. The lowest BCUT2D eigenvalue weighted by Crippen LogP contribution is -2.41. The Bertz CT molecular complexity index is 821. The SMILES string of the molecule is COc1ccc(NC(=O)c2ccc(Br)s2)cc1NC(=O)CN1CCOCC1. The molecule has 2 heterocycles. The Morgan fingerprint density at radius 1 is 1.22 bits per heavy atom. The van der Waals surface area contributed by atoms with Crippen LogP contribution in [0.1, 0.15) is 9.67 Å². The van der Waals surface area contributed by atoms with Crippen molar-refractivity contribution in [1.29, 1.82) is 0 Å². The Kier molecular flexibility index (Phi) is 6.84. The Hall–Kier alpha value is -1.94. The van der Waals surface area contributed by atoms with Gasteiger partial charge in [-0.05, 0) is 46.3 Å². The number of nitrogens with one attached hydrogen (secondary N) is 2. The Balaban J connectivity index is 1.67. The number of carbonyl (C=O) groups is 2. The number of anilines is 2. The fourth-order valence-electron chi connectivity index (χ4n) is 2.66. The van der Waals surface area contributed by atoms with Gasteiger partial charge in [-0.2, -0.15) is 0 Å². The van der Waals surface area contributed by atoms with Crippen LogP contribution in [-0.4, -0.2) is 56.7 Å². The third kappa shape index (κ3) is 5.52. The maximum atomic E-state index is 12.4. The molecule has 1 aromatic carbocycles. The standard InChI is InChI=1S/C18H20BrN3O4S/c1-25-14-3-2-12(20-18(24)15-4-5-16(19)27-15)10-13(14)21-17(23)11-22-6-8-26-9-7-22/h2-5,10H,6-9,11H2,1H3,(H,20,24)(H,21,23). The average Bonchev–Trinajstić information content (AvgIpc) is 3.09. The number of methoxy groups -OCH3 is 1. The molecule has 1 aromatic heterocycles. The van der Waals surface area contributed by atoms with Crippen LogP contribution in [0, 0.1) is 0 Å². The van der Waals surface area contributed by atoms with Gasteiger partial charge in [0.1, 0.15) is 5.75 Å². The van der Waals surface area contributed by atoms with Crippen LogP contribution in [0.25, 0.3) is 0 Å². The zero-order chi connectivity index (χ0) is 19.2. The summed E-state index contributed by atoms with van der Waals surface area (Å²) in [6.45, 7) is 3.02. The summed E-state index contributed by atoms with van der Waals surface area (Å²) in [5, 5.41) is 5.70. The maximum Gasteiger partial charge on any atom is 0.265 e. The van der Waals surface area contributed by atoms with E-state index in [9.17, 15) is 9.59 Å². The molecule has 0 atom stereocenters. The molecule has 2 N–H and O–H groups in total. The molecule has 2 amide bonds. The van der Waals surface area contributed by atoms with E-state index in [4.69, 9.17) is 9.47 Å². The second-order valence-electron chi connectivity index (χ2n) is 5.91. The number of hydrogen-bond donors (Lipinski definition) is 2. The van der Waals surface area contributed by atoms with E-state index in [0.29, 0.717) is 35.2 Å². The number of carbonyl (C=O) groups excluding carboxylic acids is 2. The van der Waals surface area contributed by atoms with E-state index in [-0.39, 0.29) is 18.4 Å². The molecule has 7 nitrogen and oxygen atoms in total. The molecule has 144 valence electrons. The third-order valence-corrected chi connectivity index (χ3v) is 5.62. The molecule has 0 unspecified atom stereocenters. The molecule has 2 aromatic rings. The molecule has 3 rings (SSSR count). The van der Waals surface area contributed by atoms with Gasteiger partial charge < -0.3 is 20.1 Å². The summed E-state index contributed by atoms with van der Waals surface area (Å²) in [6, 6.07) is 8.71. The van der Waals surface area contributed by atoms with E-state index in [0.717, 1.165) is 16.9 Å². The van der Waals surface area contributed by atoms with Crippen LogP contribution in [0.2, 0.25) is 0 Å². The highest BCUT2D eigenvalue weighted by atomic mass is 79.9. The lowest BCUT2D eigenvalue weighted by Gasteiger charge is -2.26. The topological polar surface area (TPSA) is 79.9 Å². The number of rotatable bonds is 6. The van der Waals surface area contributed by atoms with E-state index >= 15 is 0 Å². The Labute approximate surface area is 169 Å². The molecule has 1 saturated heterocycles. The van der Waals surface area contributed by atoms with Gasteiger partial charge in [0.25, 0.3) is 5.91 Å². The fourth-order valence-corrected chi connectivity index (χ4v) is 3.95. The van der Waals surface area contributed by atoms with E-state index in [1.165, 1.54) is 18.4 Å². The molecule has 0 aliphatic carbocycles. The summed E-state index contributed by atoms with van der Waals surface area (Å²) in [6.07, 6.45) is 0. The van der Waals surface area contributed by atoms with Crippen molar-refractivity contribution >= 4 is 50.5 Å². The summed E-state index contributed by atoms with van der Waals surface area (Å²) in [5.74, 6) is 0.185. The molecular weight excluding hydrogens is 434 g/mol. The van der Waals surface area contributed by atoms with E-state index in [2.05, 4.69) is 26.6 Å². The van der Waals surface area contributed by atoms with E-state index in [1.807, 2.05) is 11.0 Å². The number of morpholine rings is 1. The summed E-state index contributed by atoms with van der Waals surface area (Å²) < 4.78 is 11.5. The summed E-state index contributed by atoms with van der Waals surface area (Å²) >= 11 is 4.70. The van der Waals surface area contributed by atoms with Crippen LogP contribution < -0.4 is 15.4 Å². The molecule has 0 radical (unpaired) electrons. The van der Waals surface area contributed by atoms with Gasteiger partial charge in [-0.1, -0.05) is 0 Å². The molecule has 1 aliphatic heterocycles. The lowest BCUT2D eigenvalue weighted by atomic mass is 10.2. The van der Waals surface area contributed by atoms with Crippen molar-refractivity contribution in [3.63, 3.8) is 0 Å². The minimum Gasteiger partial charge on any atom is -0.495 e. The number of hydrogen-bond acceptors (Lipinski definition) is 6. The van der Waals surface area contributed by atoms with Gasteiger partial charge >= 0.3 is 0 Å². The normalized spacial score (nSPS) is 14.6. The smallest absolute Gasteiger partial charge is 0.265 e. The molecule has 1 aliphatic rings. The maximum absolute atomic E-state index is 12.4. The lowest BCUT2D eigenvalue weighted by molar-refractivity contribution is -0.118. The first-order chi connectivity index (χ1) is 13.0. The van der Waals surface area contributed by atoms with Crippen LogP contribution in [0.15, 0.2) is 34.1 Å². The number of amides is 2. The van der Waals surface area contributed by atoms with Crippen molar-refractivity contribution in [2.75, 3.05) is 50.6 Å². The first kappa shape index (κ1) is 19.8. The zero-order valence-electron chi connectivity index (χ0n) is 14.8. The number of thiophene rings is 1. The zero-order valence-corrected chi connectivity index (χ0v) is 17.2. The van der Waals surface area contributed by atoms with Crippen molar-refractivity contribution in [3.8, 4) is 5.75 Å². The first-order valence-electron chi connectivity index (χ1n) is 8.40. The largest absolute Gasteiger partial charge is 0.495 e. The molecule has 0 spiro atoms.